The Balaban J connectivity index is 1.50. The molecule has 0 aliphatic carbocycles. The maximum atomic E-state index is 12.6. The second-order valence-electron chi connectivity index (χ2n) is 8.99. The van der Waals surface area contributed by atoms with Gasteiger partial charge in [0.2, 0.25) is 0 Å². The van der Waals surface area contributed by atoms with E-state index in [-0.39, 0.29) is 10.5 Å². The molecule has 5 aromatic rings. The minimum absolute atomic E-state index is 0.160. The van der Waals surface area contributed by atoms with Crippen LogP contribution in [0, 0.1) is 0 Å². The van der Waals surface area contributed by atoms with E-state index < -0.39 is 9.84 Å². The van der Waals surface area contributed by atoms with Crippen LogP contribution < -0.4 is 20.3 Å². The number of pyridine rings is 1. The fourth-order valence-corrected chi connectivity index (χ4v) is 4.91. The summed E-state index contributed by atoms with van der Waals surface area (Å²) in [6, 6.07) is 21.9. The highest BCUT2D eigenvalue weighted by Crippen LogP contribution is 2.38. The number of H-pyrrole nitrogens is 1. The van der Waals surface area contributed by atoms with Gasteiger partial charge in [-0.25, -0.2) is 8.42 Å². The van der Waals surface area contributed by atoms with Gasteiger partial charge in [0.25, 0.3) is 5.56 Å². The zero-order valence-electron chi connectivity index (χ0n) is 21.2. The van der Waals surface area contributed by atoms with Crippen LogP contribution in [-0.4, -0.2) is 31.3 Å². The molecule has 0 amide bonds. The molecule has 2 heterocycles. The Bertz CT molecular complexity index is 1790. The van der Waals surface area contributed by atoms with Crippen LogP contribution in [0.5, 0.6) is 17.2 Å². The van der Waals surface area contributed by atoms with E-state index >= 15 is 0 Å². The van der Waals surface area contributed by atoms with Crippen LogP contribution in [0.4, 0.5) is 5.69 Å². The van der Waals surface area contributed by atoms with Crippen molar-refractivity contribution in [3.8, 4) is 28.4 Å². The van der Waals surface area contributed by atoms with E-state index in [4.69, 9.17) is 9.47 Å². The van der Waals surface area contributed by atoms with Crippen LogP contribution in [0.3, 0.4) is 0 Å². The number of ether oxygens (including phenoxy) is 2. The van der Waals surface area contributed by atoms with Gasteiger partial charge in [0.15, 0.2) is 9.84 Å². The Kier molecular flexibility index (Phi) is 6.69. The normalized spacial score (nSPS) is 11.4. The lowest BCUT2D eigenvalue weighted by molar-refractivity contribution is 0.414. The Morgan fingerprint density at radius 3 is 2.47 bits per heavy atom. The van der Waals surface area contributed by atoms with E-state index in [0.717, 1.165) is 23.3 Å². The van der Waals surface area contributed by atoms with E-state index in [1.165, 1.54) is 10.6 Å². The molecule has 8 nitrogen and oxygen atoms in total. The molecule has 5 rings (SSSR count). The Labute approximate surface area is 220 Å². The molecule has 0 atom stereocenters. The van der Waals surface area contributed by atoms with Gasteiger partial charge in [-0.1, -0.05) is 18.2 Å². The van der Waals surface area contributed by atoms with Crippen molar-refractivity contribution in [2.75, 3.05) is 18.7 Å². The van der Waals surface area contributed by atoms with Crippen LogP contribution in [0.2, 0.25) is 0 Å². The van der Waals surface area contributed by atoms with Crippen molar-refractivity contribution >= 4 is 26.4 Å². The number of aromatic nitrogens is 2. The van der Waals surface area contributed by atoms with Crippen LogP contribution in [0.25, 0.3) is 22.0 Å². The zero-order chi connectivity index (χ0) is 26.9. The zero-order valence-corrected chi connectivity index (χ0v) is 22.0. The minimum atomic E-state index is -3.48. The largest absolute Gasteiger partial charge is 0.497 e. The second-order valence-corrected chi connectivity index (χ2v) is 11.0. The van der Waals surface area contributed by atoms with Gasteiger partial charge in [-0.15, -0.1) is 0 Å². The van der Waals surface area contributed by atoms with E-state index in [1.807, 2.05) is 48.5 Å². The van der Waals surface area contributed by atoms with Crippen molar-refractivity contribution in [1.29, 1.82) is 0 Å². The molecule has 0 aliphatic rings. The van der Waals surface area contributed by atoms with Gasteiger partial charge in [0.1, 0.15) is 22.8 Å². The van der Waals surface area contributed by atoms with Crippen molar-refractivity contribution < 1.29 is 17.9 Å². The molecule has 3 aromatic carbocycles. The summed E-state index contributed by atoms with van der Waals surface area (Å²) in [6.45, 7) is 0.616. The molecule has 2 N–H and O–H groups in total. The first-order valence-electron chi connectivity index (χ1n) is 11.9. The molecule has 9 heteroatoms. The van der Waals surface area contributed by atoms with E-state index in [1.54, 1.807) is 44.8 Å². The third-order valence-corrected chi connectivity index (χ3v) is 7.39. The Hall–Kier alpha value is -4.50. The molecule has 0 aliphatic heterocycles. The molecule has 0 saturated carbocycles. The number of anilines is 1. The number of aromatic amines is 1. The van der Waals surface area contributed by atoms with Crippen LogP contribution in [0.15, 0.2) is 94.9 Å². The molecule has 38 heavy (non-hydrogen) atoms. The number of fused-ring (bicyclic) bond motifs is 1. The number of benzene rings is 3. The fourth-order valence-electron chi connectivity index (χ4n) is 4.27. The number of hydrogen-bond donors (Lipinski definition) is 2. The van der Waals surface area contributed by atoms with Crippen molar-refractivity contribution in [1.82, 2.24) is 9.55 Å². The van der Waals surface area contributed by atoms with Crippen LogP contribution in [0.1, 0.15) is 5.56 Å². The van der Waals surface area contributed by atoms with Gasteiger partial charge in [0.05, 0.1) is 12.0 Å². The van der Waals surface area contributed by atoms with Gasteiger partial charge in [-0.05, 0) is 54.1 Å². The molecule has 194 valence electrons. The van der Waals surface area contributed by atoms with Crippen molar-refractivity contribution in [2.45, 2.75) is 11.4 Å². The lowest BCUT2D eigenvalue weighted by Gasteiger charge is -2.15. The molecule has 0 spiro atoms. The van der Waals surface area contributed by atoms with E-state index in [0.29, 0.717) is 40.1 Å². The SMILES string of the molecule is COc1ccc(CNc2cccc(Oc3ccc(S(C)(=O)=O)cc3-c3cn(C)c(=O)c4[nH]ccc34)c2)cc1. The smallest absolute Gasteiger partial charge is 0.274 e. The second kappa shape index (κ2) is 10.1. The predicted octanol–water partition coefficient (Wildman–Crippen LogP) is 5.35. The van der Waals surface area contributed by atoms with Gasteiger partial charge in [0, 0.05) is 60.5 Å². The fraction of sp³-hybridized carbons (Fsp3) is 0.138. The summed E-state index contributed by atoms with van der Waals surface area (Å²) in [4.78, 5) is 15.7. The molecule has 0 fully saturated rings. The third kappa shape index (κ3) is 5.14. The third-order valence-electron chi connectivity index (χ3n) is 6.28. The van der Waals surface area contributed by atoms with Crippen LogP contribution in [-0.2, 0) is 23.4 Å². The number of nitrogens with zero attached hydrogens (tertiary/aromatic N) is 1. The number of nitrogens with one attached hydrogen (secondary N) is 2. The van der Waals surface area contributed by atoms with Crippen molar-refractivity contribution in [3.63, 3.8) is 0 Å². The highest BCUT2D eigenvalue weighted by atomic mass is 32.2. The summed E-state index contributed by atoms with van der Waals surface area (Å²) in [7, 11) is -0.180. The quantitative estimate of drug-likeness (QED) is 0.281. The summed E-state index contributed by atoms with van der Waals surface area (Å²) >= 11 is 0. The highest BCUT2D eigenvalue weighted by Gasteiger charge is 2.18. The van der Waals surface area contributed by atoms with Crippen molar-refractivity contribution in [3.05, 3.63) is 101 Å². The standard InChI is InChI=1S/C29H27N3O5S/c1-32-18-26(24-13-14-30-28(24)29(32)33)25-16-23(38(3,34)35)11-12-27(25)37-22-6-4-5-20(15-22)31-17-19-7-9-21(36-2)10-8-19/h4-16,18,30-31H,17H2,1-3H3. The van der Waals surface area contributed by atoms with Crippen molar-refractivity contribution in [2.24, 2.45) is 7.05 Å². The summed E-state index contributed by atoms with van der Waals surface area (Å²) in [5.41, 5.74) is 3.46. The number of sulfone groups is 1. The number of hydrogen-bond acceptors (Lipinski definition) is 6. The van der Waals surface area contributed by atoms with Gasteiger partial charge >= 0.3 is 0 Å². The first-order chi connectivity index (χ1) is 18.2. The lowest BCUT2D eigenvalue weighted by Crippen LogP contribution is -2.16. The first-order valence-corrected chi connectivity index (χ1v) is 13.8. The van der Waals surface area contributed by atoms with Crippen LogP contribution >= 0.6 is 0 Å². The first kappa shape index (κ1) is 25.2. The molecular formula is C29H27N3O5S. The monoisotopic (exact) mass is 529 g/mol. The minimum Gasteiger partial charge on any atom is -0.497 e. The maximum Gasteiger partial charge on any atom is 0.274 e. The Morgan fingerprint density at radius 1 is 0.947 bits per heavy atom. The number of aryl methyl sites for hydroxylation is 1. The molecular weight excluding hydrogens is 502 g/mol. The summed E-state index contributed by atoms with van der Waals surface area (Å²) in [5.74, 6) is 1.84. The average molecular weight is 530 g/mol. The summed E-state index contributed by atoms with van der Waals surface area (Å²) < 4.78 is 37.7. The maximum absolute atomic E-state index is 12.6. The lowest BCUT2D eigenvalue weighted by atomic mass is 10.0. The van der Waals surface area contributed by atoms with Gasteiger partial charge in [-0.3, -0.25) is 4.79 Å². The summed E-state index contributed by atoms with van der Waals surface area (Å²) in [5, 5.41) is 4.07. The number of rotatable bonds is 8. The van der Waals surface area contributed by atoms with Gasteiger partial charge < -0.3 is 24.3 Å². The average Bonchev–Trinajstić information content (AvgIpc) is 3.40. The van der Waals surface area contributed by atoms with Gasteiger partial charge in [-0.2, -0.15) is 0 Å². The molecule has 0 unspecified atom stereocenters. The topological polar surface area (TPSA) is 102 Å². The van der Waals surface area contributed by atoms with E-state index in [9.17, 15) is 13.2 Å². The molecule has 0 radical (unpaired) electrons. The van der Waals surface area contributed by atoms with E-state index in [2.05, 4.69) is 10.3 Å². The molecule has 0 bridgehead atoms. The molecule has 2 aromatic heterocycles. The highest BCUT2D eigenvalue weighted by molar-refractivity contribution is 7.90. The molecule has 0 saturated heterocycles. The number of methoxy groups -OCH3 is 1. The Morgan fingerprint density at radius 2 is 1.74 bits per heavy atom. The predicted molar refractivity (Wildman–Crippen MR) is 149 cm³/mol. The summed E-state index contributed by atoms with van der Waals surface area (Å²) in [6.07, 6.45) is 4.55.